The number of hydrogen-bond acceptors (Lipinski definition) is 9. The van der Waals surface area contributed by atoms with Gasteiger partial charge < -0.3 is 30.7 Å². The first-order valence-corrected chi connectivity index (χ1v) is 16.4. The number of alkyl halides is 3. The maximum Gasteiger partial charge on any atom is 0.490 e. The molecule has 3 aromatic rings. The molecule has 0 spiro atoms. The number of amides is 3. The molecule has 2 heterocycles. The molecule has 1 aromatic heterocycles. The van der Waals surface area contributed by atoms with Crippen LogP contribution in [-0.4, -0.2) is 110 Å². The molecule has 0 bridgehead atoms. The number of aromatic amines is 1. The summed E-state index contributed by atoms with van der Waals surface area (Å²) < 4.78 is 79.2. The Balaban J connectivity index is 0.000000908. The number of piperidine rings is 1. The minimum absolute atomic E-state index is 0.0305. The zero-order valence-electron chi connectivity index (χ0n) is 27.5. The second kappa shape index (κ2) is 17.5. The molecule has 0 saturated carbocycles. The first kappa shape index (κ1) is 40.1. The molecule has 20 heteroatoms. The van der Waals surface area contributed by atoms with Gasteiger partial charge in [-0.1, -0.05) is 18.2 Å². The molecule has 1 saturated heterocycles. The smallest absolute Gasteiger partial charge is 0.490 e. The Labute approximate surface area is 289 Å². The lowest BCUT2D eigenvalue weighted by Crippen LogP contribution is -2.46. The number of aromatic nitrogens is 2. The normalized spacial score (nSPS) is 14.0. The number of carboxylic acid groups (broad SMARTS) is 1. The highest BCUT2D eigenvalue weighted by Gasteiger charge is 2.38. The Hall–Kier alpha value is -5.34. The van der Waals surface area contributed by atoms with Gasteiger partial charge in [0, 0.05) is 37.4 Å². The molecule has 1 fully saturated rings. The average molecular weight is 742 g/mol. The van der Waals surface area contributed by atoms with E-state index < -0.39 is 39.8 Å². The second-order valence-corrected chi connectivity index (χ2v) is 13.0. The van der Waals surface area contributed by atoms with Crippen molar-refractivity contribution in [1.29, 1.82) is 0 Å². The number of nitrogens with zero attached hydrogens (tertiary/aromatic N) is 3. The Kier molecular flexibility index (Phi) is 13.8. The molecule has 1 aliphatic rings. The van der Waals surface area contributed by atoms with E-state index in [4.69, 9.17) is 14.6 Å². The molecule has 51 heavy (non-hydrogen) atoms. The van der Waals surface area contributed by atoms with Crippen molar-refractivity contribution in [1.82, 2.24) is 24.7 Å². The number of halogens is 4. The number of hydrogen-bond donors (Lipinski definition) is 5. The first-order valence-electron chi connectivity index (χ1n) is 14.9. The summed E-state index contributed by atoms with van der Waals surface area (Å²) in [6.07, 6.45) is -0.0987. The molecular weight excluding hydrogens is 706 g/mol. The van der Waals surface area contributed by atoms with Gasteiger partial charge in [0.2, 0.25) is 15.9 Å². The number of ether oxygens (including phenoxy) is 1. The van der Waals surface area contributed by atoms with Gasteiger partial charge in [0.25, 0.3) is 11.8 Å². The molecule has 0 radical (unpaired) electrons. The number of methoxy groups -OCH3 is 1. The Morgan fingerprint density at radius 3 is 2.33 bits per heavy atom. The summed E-state index contributed by atoms with van der Waals surface area (Å²) in [6, 6.07) is 9.65. The summed E-state index contributed by atoms with van der Waals surface area (Å²) in [6.45, 7) is 0.885. The van der Waals surface area contributed by atoms with Gasteiger partial charge >= 0.3 is 12.1 Å². The summed E-state index contributed by atoms with van der Waals surface area (Å²) in [5, 5.41) is 21.5. The molecule has 276 valence electrons. The Bertz CT molecular complexity index is 1860. The number of H-pyrrole nitrogens is 1. The molecule has 0 aliphatic carbocycles. The summed E-state index contributed by atoms with van der Waals surface area (Å²) in [7, 11) is 1.20. The maximum atomic E-state index is 14.3. The van der Waals surface area contributed by atoms with Gasteiger partial charge in [-0.15, -0.1) is 0 Å². The monoisotopic (exact) mass is 741 g/mol. The van der Waals surface area contributed by atoms with Gasteiger partial charge in [0.15, 0.2) is 0 Å². The minimum atomic E-state index is -5.08. The molecule has 5 N–H and O–H groups in total. The first-order chi connectivity index (χ1) is 23.9. The van der Waals surface area contributed by atoms with E-state index in [-0.39, 0.29) is 52.6 Å². The minimum Gasteiger partial charge on any atom is -0.496 e. The zero-order chi connectivity index (χ0) is 37.9. The third-order valence-electron chi connectivity index (χ3n) is 7.05. The standard InChI is InChI=1S/C29H34FN7O6S.C2HF3O2/c1-36(2)14-6-11-25(38)32-20-7-4-8-21(17-20)44(41,42)37-15-12-19(13-16-37)33-29(40)27-23(18-31-35-27)34-28(39)26-22(30)9-5-10-24(26)43-3;3-2(4,5)1(6)7/h4-11,17-19H,12-16H2,1-3H3,(H,31,35)(H,32,38)(H,33,40)(H,34,39);(H,6,7)/b11-6+;. The molecular formula is C31H35F4N7O8S. The van der Waals surface area contributed by atoms with Crippen LogP contribution in [0.25, 0.3) is 0 Å². The molecule has 0 unspecified atom stereocenters. The number of carbonyl (C=O) groups is 4. The molecule has 4 rings (SSSR count). The van der Waals surface area contributed by atoms with Crippen molar-refractivity contribution in [2.75, 3.05) is 51.5 Å². The van der Waals surface area contributed by atoms with Crippen molar-refractivity contribution in [2.24, 2.45) is 0 Å². The van der Waals surface area contributed by atoms with E-state index in [1.54, 1.807) is 18.2 Å². The number of anilines is 2. The number of rotatable bonds is 11. The van der Waals surface area contributed by atoms with Gasteiger partial charge in [-0.2, -0.15) is 22.6 Å². The van der Waals surface area contributed by atoms with Crippen molar-refractivity contribution in [3.05, 3.63) is 77.9 Å². The van der Waals surface area contributed by atoms with Crippen LogP contribution in [0.1, 0.15) is 33.7 Å². The van der Waals surface area contributed by atoms with E-state index >= 15 is 0 Å². The molecule has 15 nitrogen and oxygen atoms in total. The van der Waals surface area contributed by atoms with Crippen LogP contribution in [0.4, 0.5) is 28.9 Å². The molecule has 0 atom stereocenters. The van der Waals surface area contributed by atoms with Crippen LogP contribution in [0.15, 0.2) is 65.7 Å². The average Bonchev–Trinajstić information content (AvgIpc) is 3.52. The van der Waals surface area contributed by atoms with Gasteiger partial charge in [-0.25, -0.2) is 17.6 Å². The summed E-state index contributed by atoms with van der Waals surface area (Å²) in [4.78, 5) is 48.8. The van der Waals surface area contributed by atoms with Crippen LogP contribution in [0.3, 0.4) is 0 Å². The van der Waals surface area contributed by atoms with Crippen molar-refractivity contribution >= 4 is 45.1 Å². The number of nitrogens with one attached hydrogen (secondary N) is 4. The van der Waals surface area contributed by atoms with Gasteiger partial charge in [0.1, 0.15) is 22.8 Å². The lowest BCUT2D eigenvalue weighted by Gasteiger charge is -2.31. The van der Waals surface area contributed by atoms with Crippen LogP contribution in [-0.2, 0) is 19.6 Å². The van der Waals surface area contributed by atoms with E-state index in [1.165, 1.54) is 48.0 Å². The Morgan fingerprint density at radius 1 is 1.08 bits per heavy atom. The number of likely N-dealkylation sites (N-methyl/N-ethyl adjacent to an activating group) is 1. The van der Waals surface area contributed by atoms with E-state index in [2.05, 4.69) is 26.1 Å². The Morgan fingerprint density at radius 2 is 1.73 bits per heavy atom. The van der Waals surface area contributed by atoms with Crippen LogP contribution in [0, 0.1) is 5.82 Å². The van der Waals surface area contributed by atoms with Crippen molar-refractivity contribution in [2.45, 2.75) is 30.0 Å². The summed E-state index contributed by atoms with van der Waals surface area (Å²) in [5.74, 6) is -5.27. The van der Waals surface area contributed by atoms with E-state index in [0.29, 0.717) is 25.1 Å². The number of benzene rings is 2. The number of carboxylic acids is 1. The third-order valence-corrected chi connectivity index (χ3v) is 8.94. The molecule has 1 aliphatic heterocycles. The maximum absolute atomic E-state index is 14.3. The number of sulfonamides is 1. The predicted molar refractivity (Wildman–Crippen MR) is 175 cm³/mol. The topological polar surface area (TPSA) is 203 Å². The SMILES string of the molecule is COc1cccc(F)c1C(=O)Nc1cn[nH]c1C(=O)NC1CCN(S(=O)(=O)c2cccc(NC(=O)/C=C/CN(C)C)c2)CC1.O=C(O)C(F)(F)F. The quantitative estimate of drug-likeness (QED) is 0.144. The van der Waals surface area contributed by atoms with Crippen LogP contribution in [0.2, 0.25) is 0 Å². The summed E-state index contributed by atoms with van der Waals surface area (Å²) in [5.41, 5.74) is 0.0293. The highest BCUT2D eigenvalue weighted by atomic mass is 32.2. The lowest BCUT2D eigenvalue weighted by molar-refractivity contribution is -0.192. The van der Waals surface area contributed by atoms with E-state index in [0.717, 1.165) is 6.07 Å². The van der Waals surface area contributed by atoms with Gasteiger partial charge in [-0.3, -0.25) is 19.5 Å². The van der Waals surface area contributed by atoms with Crippen LogP contribution < -0.4 is 20.7 Å². The van der Waals surface area contributed by atoms with E-state index in [1.807, 2.05) is 19.0 Å². The fourth-order valence-corrected chi connectivity index (χ4v) is 6.09. The molecule has 2 aromatic carbocycles. The fourth-order valence-electron chi connectivity index (χ4n) is 4.57. The number of aliphatic carboxylic acids is 1. The largest absolute Gasteiger partial charge is 0.496 e. The highest BCUT2D eigenvalue weighted by molar-refractivity contribution is 7.89. The van der Waals surface area contributed by atoms with E-state index in [9.17, 15) is 40.4 Å². The van der Waals surface area contributed by atoms with Gasteiger partial charge in [-0.05, 0) is 57.3 Å². The second-order valence-electron chi connectivity index (χ2n) is 11.1. The van der Waals surface area contributed by atoms with Crippen molar-refractivity contribution in [3.63, 3.8) is 0 Å². The van der Waals surface area contributed by atoms with Crippen LogP contribution >= 0.6 is 0 Å². The highest BCUT2D eigenvalue weighted by Crippen LogP contribution is 2.25. The zero-order valence-corrected chi connectivity index (χ0v) is 28.3. The number of carbonyl (C=O) groups excluding carboxylic acids is 3. The summed E-state index contributed by atoms with van der Waals surface area (Å²) >= 11 is 0. The fraction of sp³-hybridized carbons (Fsp3) is 0.323. The third kappa shape index (κ3) is 11.3. The molecule has 3 amide bonds. The van der Waals surface area contributed by atoms with Crippen molar-refractivity contribution in [3.8, 4) is 5.75 Å². The van der Waals surface area contributed by atoms with Gasteiger partial charge in [0.05, 0.1) is 23.9 Å². The van der Waals surface area contributed by atoms with Crippen molar-refractivity contribution < 1.29 is 55.0 Å². The predicted octanol–water partition coefficient (Wildman–Crippen LogP) is 3.08. The lowest BCUT2D eigenvalue weighted by atomic mass is 10.1. The van der Waals surface area contributed by atoms with Crippen LogP contribution in [0.5, 0.6) is 5.75 Å².